The summed E-state index contributed by atoms with van der Waals surface area (Å²) in [6.07, 6.45) is 2.68. The Morgan fingerprint density at radius 1 is 1.21 bits per heavy atom. The van der Waals surface area contributed by atoms with Gasteiger partial charge in [0.1, 0.15) is 12.4 Å². The molecular formula is C21H25N3O4. The summed E-state index contributed by atoms with van der Waals surface area (Å²) in [7, 11) is 1.76. The molecule has 148 valence electrons. The molecule has 1 fully saturated rings. The molecule has 1 aromatic heterocycles. The van der Waals surface area contributed by atoms with E-state index >= 15 is 0 Å². The number of benzene rings is 1. The Labute approximate surface area is 164 Å². The first-order valence-corrected chi connectivity index (χ1v) is 9.63. The number of carbonyl (C=O) groups excluding carboxylic acids is 1. The number of fused-ring (bicyclic) bond motifs is 1. The van der Waals surface area contributed by atoms with Gasteiger partial charge in [-0.25, -0.2) is 4.98 Å². The van der Waals surface area contributed by atoms with Crippen molar-refractivity contribution in [2.24, 2.45) is 0 Å². The van der Waals surface area contributed by atoms with Gasteiger partial charge in [-0.15, -0.1) is 0 Å². The molecule has 4 rings (SSSR count). The van der Waals surface area contributed by atoms with Gasteiger partial charge in [0, 0.05) is 26.3 Å². The number of anilines is 1. The Balaban J connectivity index is 1.35. The number of piperidine rings is 1. The zero-order chi connectivity index (χ0) is 19.5. The Morgan fingerprint density at radius 2 is 1.96 bits per heavy atom. The third-order valence-corrected chi connectivity index (χ3v) is 5.18. The molecule has 0 bridgehead atoms. The molecule has 1 unspecified atom stereocenters. The van der Waals surface area contributed by atoms with Crippen molar-refractivity contribution >= 4 is 11.7 Å². The number of amides is 1. The second-order valence-electron chi connectivity index (χ2n) is 7.31. The Hall–Kier alpha value is -2.80. The summed E-state index contributed by atoms with van der Waals surface area (Å²) in [6, 6.07) is 11.2. The molecule has 1 saturated heterocycles. The predicted molar refractivity (Wildman–Crippen MR) is 105 cm³/mol. The first kappa shape index (κ1) is 18.6. The van der Waals surface area contributed by atoms with Crippen LogP contribution in [0.3, 0.4) is 0 Å². The van der Waals surface area contributed by atoms with E-state index in [1.54, 1.807) is 24.2 Å². The number of aromatic nitrogens is 1. The van der Waals surface area contributed by atoms with E-state index in [9.17, 15) is 9.90 Å². The highest BCUT2D eigenvalue weighted by Gasteiger charge is 2.24. The first-order chi connectivity index (χ1) is 13.6. The predicted octanol–water partition coefficient (Wildman–Crippen LogP) is 1.95. The number of likely N-dealkylation sites (N-methyl/N-ethyl adjacent to an activating group) is 1. The third kappa shape index (κ3) is 4.04. The zero-order valence-corrected chi connectivity index (χ0v) is 16.0. The molecule has 0 saturated carbocycles. The number of aliphatic hydroxyl groups excluding tert-OH is 1. The fraction of sp³-hybridized carbons (Fsp3) is 0.429. The van der Waals surface area contributed by atoms with Gasteiger partial charge in [-0.05, 0) is 37.1 Å². The van der Waals surface area contributed by atoms with Gasteiger partial charge in [0.2, 0.25) is 0 Å². The van der Waals surface area contributed by atoms with Crippen molar-refractivity contribution in [3.05, 3.63) is 48.2 Å². The van der Waals surface area contributed by atoms with Crippen LogP contribution in [-0.2, 0) is 0 Å². The number of aliphatic hydroxyl groups is 1. The van der Waals surface area contributed by atoms with Gasteiger partial charge in [-0.1, -0.05) is 12.1 Å². The van der Waals surface area contributed by atoms with Crippen LogP contribution in [0.25, 0.3) is 0 Å². The topological polar surface area (TPSA) is 75.1 Å². The van der Waals surface area contributed by atoms with Crippen molar-refractivity contribution in [1.29, 1.82) is 0 Å². The van der Waals surface area contributed by atoms with E-state index in [1.807, 2.05) is 30.3 Å². The average molecular weight is 383 g/mol. The summed E-state index contributed by atoms with van der Waals surface area (Å²) in [4.78, 5) is 21.0. The molecule has 0 radical (unpaired) electrons. The average Bonchev–Trinajstić information content (AvgIpc) is 2.74. The number of hydrogen-bond donors (Lipinski definition) is 1. The first-order valence-electron chi connectivity index (χ1n) is 9.63. The van der Waals surface area contributed by atoms with E-state index in [4.69, 9.17) is 9.47 Å². The maximum atomic E-state index is 12.7. The maximum Gasteiger partial charge on any atom is 0.255 e. The highest BCUT2D eigenvalue weighted by atomic mass is 16.6. The van der Waals surface area contributed by atoms with Crippen LogP contribution in [-0.4, -0.2) is 66.4 Å². The number of pyridine rings is 1. The molecule has 0 aliphatic carbocycles. The molecule has 3 heterocycles. The summed E-state index contributed by atoms with van der Waals surface area (Å²) in [6.45, 7) is 2.40. The molecular weight excluding hydrogens is 358 g/mol. The Morgan fingerprint density at radius 3 is 2.68 bits per heavy atom. The number of ether oxygens (including phenoxy) is 2. The highest BCUT2D eigenvalue weighted by Crippen LogP contribution is 2.31. The lowest BCUT2D eigenvalue weighted by atomic mass is 10.1. The van der Waals surface area contributed by atoms with Crippen LogP contribution in [0, 0.1) is 0 Å². The quantitative estimate of drug-likeness (QED) is 0.870. The van der Waals surface area contributed by atoms with Crippen molar-refractivity contribution in [2.75, 3.05) is 38.2 Å². The maximum absolute atomic E-state index is 12.7. The highest BCUT2D eigenvalue weighted by molar-refractivity contribution is 5.94. The largest absolute Gasteiger partial charge is 0.486 e. The van der Waals surface area contributed by atoms with Gasteiger partial charge in [-0.2, -0.15) is 0 Å². The van der Waals surface area contributed by atoms with E-state index in [2.05, 4.69) is 9.88 Å². The van der Waals surface area contributed by atoms with Gasteiger partial charge in [-0.3, -0.25) is 4.79 Å². The van der Waals surface area contributed by atoms with Gasteiger partial charge in [0.05, 0.1) is 18.2 Å². The van der Waals surface area contributed by atoms with Crippen molar-refractivity contribution in [2.45, 2.75) is 25.0 Å². The lowest BCUT2D eigenvalue weighted by Gasteiger charge is -2.31. The number of carbonyl (C=O) groups is 1. The van der Waals surface area contributed by atoms with Gasteiger partial charge in [0.15, 0.2) is 17.6 Å². The van der Waals surface area contributed by atoms with Crippen LogP contribution in [0.4, 0.5) is 5.82 Å². The van der Waals surface area contributed by atoms with Crippen molar-refractivity contribution in [3.63, 3.8) is 0 Å². The van der Waals surface area contributed by atoms with E-state index in [0.717, 1.165) is 37.5 Å². The number of hydrogen-bond acceptors (Lipinski definition) is 6. The summed E-state index contributed by atoms with van der Waals surface area (Å²) in [5.41, 5.74) is 0.542. The lowest BCUT2D eigenvalue weighted by Crippen LogP contribution is -2.41. The lowest BCUT2D eigenvalue weighted by molar-refractivity contribution is 0.0520. The molecule has 2 aromatic rings. The SMILES string of the molecule is CN(CC1COc2ccccc2O1)C(=O)c1ccc(N2CCC(O)CC2)nc1. The summed E-state index contributed by atoms with van der Waals surface area (Å²) >= 11 is 0. The molecule has 2 aliphatic rings. The standard InChI is InChI=1S/C21H25N3O4/c1-23(13-17-14-27-18-4-2-3-5-19(18)28-17)21(26)15-6-7-20(22-12-15)24-10-8-16(25)9-11-24/h2-7,12,16-17,25H,8-11,13-14H2,1H3. The van der Waals surface area contributed by atoms with Gasteiger partial charge < -0.3 is 24.4 Å². The van der Waals surface area contributed by atoms with E-state index in [0.29, 0.717) is 24.5 Å². The fourth-order valence-corrected chi connectivity index (χ4v) is 3.56. The number of rotatable bonds is 4. The normalized spacial score (nSPS) is 19.4. The van der Waals surface area contributed by atoms with Gasteiger partial charge in [0.25, 0.3) is 5.91 Å². The Bertz CT molecular complexity index is 819. The van der Waals surface area contributed by atoms with Crippen LogP contribution in [0.1, 0.15) is 23.2 Å². The molecule has 1 N–H and O–H groups in total. The fourth-order valence-electron chi connectivity index (χ4n) is 3.56. The van der Waals surface area contributed by atoms with Crippen molar-refractivity contribution < 1.29 is 19.4 Å². The molecule has 0 spiro atoms. The smallest absolute Gasteiger partial charge is 0.255 e. The van der Waals surface area contributed by atoms with Crippen LogP contribution in [0.2, 0.25) is 0 Å². The molecule has 1 amide bonds. The molecule has 7 nitrogen and oxygen atoms in total. The number of para-hydroxylation sites is 2. The third-order valence-electron chi connectivity index (χ3n) is 5.18. The summed E-state index contributed by atoms with van der Waals surface area (Å²) in [5, 5.41) is 9.62. The molecule has 28 heavy (non-hydrogen) atoms. The van der Waals surface area contributed by atoms with Gasteiger partial charge >= 0.3 is 0 Å². The zero-order valence-electron chi connectivity index (χ0n) is 16.0. The van der Waals surface area contributed by atoms with Crippen LogP contribution in [0.5, 0.6) is 11.5 Å². The molecule has 7 heteroatoms. The van der Waals surface area contributed by atoms with Crippen LogP contribution in [0.15, 0.2) is 42.6 Å². The number of nitrogens with zero attached hydrogens (tertiary/aromatic N) is 3. The van der Waals surface area contributed by atoms with E-state index < -0.39 is 0 Å². The minimum Gasteiger partial charge on any atom is -0.486 e. The van der Waals surface area contributed by atoms with Crippen molar-refractivity contribution in [3.8, 4) is 11.5 Å². The second kappa shape index (κ2) is 8.06. The summed E-state index contributed by atoms with van der Waals surface area (Å²) < 4.78 is 11.6. The van der Waals surface area contributed by atoms with Crippen LogP contribution >= 0.6 is 0 Å². The van der Waals surface area contributed by atoms with E-state index in [-0.39, 0.29) is 18.1 Å². The summed E-state index contributed by atoms with van der Waals surface area (Å²) in [5.74, 6) is 2.18. The minimum absolute atomic E-state index is 0.101. The monoisotopic (exact) mass is 383 g/mol. The molecule has 1 atom stereocenters. The van der Waals surface area contributed by atoms with Crippen molar-refractivity contribution in [1.82, 2.24) is 9.88 Å². The van der Waals surface area contributed by atoms with E-state index in [1.165, 1.54) is 0 Å². The minimum atomic E-state index is -0.219. The molecule has 2 aliphatic heterocycles. The van der Waals surface area contributed by atoms with Crippen LogP contribution < -0.4 is 14.4 Å². The Kier molecular flexibility index (Phi) is 5.34. The second-order valence-corrected chi connectivity index (χ2v) is 7.31. The molecule has 1 aromatic carbocycles.